The molecule has 0 N–H and O–H groups in total. The van der Waals surface area contributed by atoms with Gasteiger partial charge in [-0.3, -0.25) is 4.79 Å². The molecule has 0 radical (unpaired) electrons. The van der Waals surface area contributed by atoms with E-state index < -0.39 is 0 Å². The Labute approximate surface area is 77.2 Å². The van der Waals surface area contributed by atoms with E-state index in [2.05, 4.69) is 0 Å². The van der Waals surface area contributed by atoms with Gasteiger partial charge in [0, 0.05) is 11.3 Å². The number of Topliss-reactive ketones (excluding diaryl/α,β-unsaturated/α-hetero) is 1. The lowest BCUT2D eigenvalue weighted by Crippen LogP contribution is -1.97. The second kappa shape index (κ2) is 4.31. The summed E-state index contributed by atoms with van der Waals surface area (Å²) in [5, 5.41) is 0. The van der Waals surface area contributed by atoms with Crippen molar-refractivity contribution in [1.82, 2.24) is 0 Å². The lowest BCUT2D eigenvalue weighted by atomic mass is 10.1. The van der Waals surface area contributed by atoms with Crippen LogP contribution in [0.3, 0.4) is 0 Å². The van der Waals surface area contributed by atoms with Crippen LogP contribution in [-0.2, 0) is 5.75 Å². The van der Waals surface area contributed by atoms with E-state index in [9.17, 15) is 4.79 Å². The van der Waals surface area contributed by atoms with Crippen molar-refractivity contribution in [2.45, 2.75) is 12.7 Å². The molecule has 64 valence electrons. The van der Waals surface area contributed by atoms with Crippen LogP contribution in [0.4, 0.5) is 0 Å². The Hall–Kier alpha value is -0.760. The average Bonchev–Trinajstić information content (AvgIpc) is 2.05. The van der Waals surface area contributed by atoms with Gasteiger partial charge in [0.1, 0.15) is 0 Å². The van der Waals surface area contributed by atoms with Crippen LogP contribution in [0.15, 0.2) is 24.3 Å². The van der Waals surface area contributed by atoms with Crippen LogP contribution in [0.2, 0.25) is 0 Å². The van der Waals surface area contributed by atoms with Gasteiger partial charge in [-0.25, -0.2) is 0 Å². The van der Waals surface area contributed by atoms with Crippen molar-refractivity contribution < 1.29 is 4.79 Å². The zero-order valence-electron chi connectivity index (χ0n) is 7.33. The van der Waals surface area contributed by atoms with Gasteiger partial charge in [0.25, 0.3) is 0 Å². The van der Waals surface area contributed by atoms with Gasteiger partial charge in [0.15, 0.2) is 5.78 Å². The van der Waals surface area contributed by atoms with Crippen molar-refractivity contribution in [1.29, 1.82) is 0 Å². The summed E-state index contributed by atoms with van der Waals surface area (Å²) in [6, 6.07) is 7.76. The minimum absolute atomic E-state index is 0.152. The molecule has 0 fully saturated rings. The summed E-state index contributed by atoms with van der Waals surface area (Å²) in [6.07, 6.45) is 2.04. The lowest BCUT2D eigenvalue weighted by molar-refractivity contribution is 0.101. The third-order valence-corrected chi connectivity index (χ3v) is 2.30. The van der Waals surface area contributed by atoms with E-state index in [1.807, 2.05) is 30.5 Å². The average molecular weight is 180 g/mol. The maximum Gasteiger partial charge on any atom is 0.160 e. The highest BCUT2D eigenvalue weighted by atomic mass is 32.2. The standard InChI is InChI=1S/C10H12OS/c1-8(11)10-6-4-3-5-9(10)7-12-2/h3-6H,7H2,1-2H3. The predicted molar refractivity (Wildman–Crippen MR) is 53.7 cm³/mol. The number of hydrogen-bond donors (Lipinski definition) is 0. The molecule has 0 saturated carbocycles. The Morgan fingerprint density at radius 1 is 1.42 bits per heavy atom. The van der Waals surface area contributed by atoms with Crippen LogP contribution in [0.25, 0.3) is 0 Å². The summed E-state index contributed by atoms with van der Waals surface area (Å²) in [5.74, 6) is 1.06. The summed E-state index contributed by atoms with van der Waals surface area (Å²) in [5.41, 5.74) is 1.99. The Kier molecular flexibility index (Phi) is 3.35. The van der Waals surface area contributed by atoms with Crippen LogP contribution < -0.4 is 0 Å². The smallest absolute Gasteiger partial charge is 0.160 e. The van der Waals surface area contributed by atoms with Crippen molar-refractivity contribution in [2.75, 3.05) is 6.26 Å². The van der Waals surface area contributed by atoms with E-state index in [0.29, 0.717) is 0 Å². The molecular weight excluding hydrogens is 168 g/mol. The fourth-order valence-corrected chi connectivity index (χ4v) is 1.71. The van der Waals surface area contributed by atoms with Crippen LogP contribution in [0.5, 0.6) is 0 Å². The number of rotatable bonds is 3. The molecule has 0 heterocycles. The molecule has 0 bridgehead atoms. The number of ketones is 1. The number of benzene rings is 1. The quantitative estimate of drug-likeness (QED) is 0.665. The number of carbonyl (C=O) groups is 1. The zero-order valence-corrected chi connectivity index (χ0v) is 8.15. The van der Waals surface area contributed by atoms with Gasteiger partial charge in [-0.15, -0.1) is 0 Å². The summed E-state index contributed by atoms with van der Waals surface area (Å²) in [7, 11) is 0. The van der Waals surface area contributed by atoms with Crippen molar-refractivity contribution in [3.8, 4) is 0 Å². The molecule has 0 unspecified atom stereocenters. The van der Waals surface area contributed by atoms with Crippen LogP contribution in [0, 0.1) is 0 Å². The Morgan fingerprint density at radius 2 is 2.08 bits per heavy atom. The minimum Gasteiger partial charge on any atom is -0.295 e. The molecule has 1 aromatic carbocycles. The van der Waals surface area contributed by atoms with Gasteiger partial charge in [0.2, 0.25) is 0 Å². The highest BCUT2D eigenvalue weighted by Gasteiger charge is 2.04. The second-order valence-electron chi connectivity index (χ2n) is 2.65. The molecule has 0 aliphatic rings. The fourth-order valence-electron chi connectivity index (χ4n) is 1.15. The minimum atomic E-state index is 0.152. The molecule has 0 amide bonds. The number of carbonyl (C=O) groups excluding carboxylic acids is 1. The first-order valence-electron chi connectivity index (χ1n) is 3.83. The van der Waals surface area contributed by atoms with E-state index in [0.717, 1.165) is 16.9 Å². The first kappa shape index (κ1) is 9.33. The summed E-state index contributed by atoms with van der Waals surface area (Å²) in [6.45, 7) is 1.61. The van der Waals surface area contributed by atoms with E-state index >= 15 is 0 Å². The van der Waals surface area contributed by atoms with E-state index in [1.54, 1.807) is 18.7 Å². The van der Waals surface area contributed by atoms with Gasteiger partial charge in [-0.2, -0.15) is 11.8 Å². The third kappa shape index (κ3) is 2.11. The molecule has 0 aliphatic heterocycles. The summed E-state index contributed by atoms with van der Waals surface area (Å²) < 4.78 is 0. The molecule has 0 atom stereocenters. The molecule has 0 spiro atoms. The van der Waals surface area contributed by atoms with Gasteiger partial charge in [-0.05, 0) is 18.7 Å². The second-order valence-corrected chi connectivity index (χ2v) is 3.51. The maximum absolute atomic E-state index is 11.1. The van der Waals surface area contributed by atoms with Gasteiger partial charge < -0.3 is 0 Å². The summed E-state index contributed by atoms with van der Waals surface area (Å²) >= 11 is 1.73. The van der Waals surface area contributed by atoms with Crippen molar-refractivity contribution in [3.05, 3.63) is 35.4 Å². The topological polar surface area (TPSA) is 17.1 Å². The highest BCUT2D eigenvalue weighted by molar-refractivity contribution is 7.97. The molecule has 0 saturated heterocycles. The van der Waals surface area contributed by atoms with Gasteiger partial charge in [-0.1, -0.05) is 24.3 Å². The fraction of sp³-hybridized carbons (Fsp3) is 0.300. The van der Waals surface area contributed by atoms with Crippen molar-refractivity contribution >= 4 is 17.5 Å². The summed E-state index contributed by atoms with van der Waals surface area (Å²) in [4.78, 5) is 11.1. The van der Waals surface area contributed by atoms with Crippen molar-refractivity contribution in [2.24, 2.45) is 0 Å². The molecule has 12 heavy (non-hydrogen) atoms. The Morgan fingerprint density at radius 3 is 2.67 bits per heavy atom. The molecule has 1 rings (SSSR count). The third-order valence-electron chi connectivity index (χ3n) is 1.70. The predicted octanol–water partition coefficient (Wildman–Crippen LogP) is 2.75. The maximum atomic E-state index is 11.1. The normalized spacial score (nSPS) is 9.83. The molecule has 2 heteroatoms. The molecule has 0 aromatic heterocycles. The Bertz CT molecular complexity index is 281. The van der Waals surface area contributed by atoms with E-state index in [4.69, 9.17) is 0 Å². The molecule has 0 aliphatic carbocycles. The zero-order chi connectivity index (χ0) is 8.97. The number of hydrogen-bond acceptors (Lipinski definition) is 2. The molecular formula is C10H12OS. The van der Waals surface area contributed by atoms with Crippen molar-refractivity contribution in [3.63, 3.8) is 0 Å². The first-order valence-corrected chi connectivity index (χ1v) is 5.23. The van der Waals surface area contributed by atoms with Crippen LogP contribution in [-0.4, -0.2) is 12.0 Å². The largest absolute Gasteiger partial charge is 0.295 e. The molecule has 1 nitrogen and oxygen atoms in total. The van der Waals surface area contributed by atoms with E-state index in [-0.39, 0.29) is 5.78 Å². The Balaban J connectivity index is 3.00. The lowest BCUT2D eigenvalue weighted by Gasteiger charge is -2.03. The SMILES string of the molecule is CSCc1ccccc1C(C)=O. The van der Waals surface area contributed by atoms with Crippen LogP contribution >= 0.6 is 11.8 Å². The first-order chi connectivity index (χ1) is 5.75. The van der Waals surface area contributed by atoms with E-state index in [1.165, 1.54) is 0 Å². The highest BCUT2D eigenvalue weighted by Crippen LogP contribution is 2.14. The van der Waals surface area contributed by atoms with Crippen LogP contribution in [0.1, 0.15) is 22.8 Å². The number of thioether (sulfide) groups is 1. The van der Waals surface area contributed by atoms with Gasteiger partial charge in [0.05, 0.1) is 0 Å². The monoisotopic (exact) mass is 180 g/mol. The molecule has 1 aromatic rings. The van der Waals surface area contributed by atoms with Gasteiger partial charge >= 0.3 is 0 Å².